The van der Waals surface area contributed by atoms with Crippen molar-refractivity contribution in [2.24, 2.45) is 0 Å². The van der Waals surface area contributed by atoms with Crippen molar-refractivity contribution in [3.63, 3.8) is 0 Å². The van der Waals surface area contributed by atoms with Gasteiger partial charge in [0.2, 0.25) is 0 Å². The predicted octanol–water partition coefficient (Wildman–Crippen LogP) is 3.42. The quantitative estimate of drug-likeness (QED) is 0.800. The van der Waals surface area contributed by atoms with Gasteiger partial charge in [-0.1, -0.05) is 48.5 Å². The highest BCUT2D eigenvalue weighted by Gasteiger charge is 2.12. The van der Waals surface area contributed by atoms with E-state index in [2.05, 4.69) is 4.98 Å². The number of benzene rings is 2. The molecular formula is C18H16N2O2. The van der Waals surface area contributed by atoms with E-state index in [0.29, 0.717) is 5.82 Å². The van der Waals surface area contributed by atoms with Crippen molar-refractivity contribution >= 4 is 22.7 Å². The minimum absolute atomic E-state index is 0.0838. The van der Waals surface area contributed by atoms with E-state index in [1.165, 1.54) is 0 Å². The Morgan fingerprint density at radius 3 is 2.50 bits per heavy atom. The summed E-state index contributed by atoms with van der Waals surface area (Å²) < 4.78 is 0. The number of para-hydroxylation sites is 1. The van der Waals surface area contributed by atoms with Crippen LogP contribution in [0, 0.1) is 0 Å². The normalized spacial score (nSPS) is 10.6. The van der Waals surface area contributed by atoms with Crippen LogP contribution in [0.1, 0.15) is 0 Å². The minimum Gasteiger partial charge on any atom is -0.480 e. The van der Waals surface area contributed by atoms with Crippen LogP contribution in [0.25, 0.3) is 22.0 Å². The van der Waals surface area contributed by atoms with Crippen LogP contribution in [0.5, 0.6) is 0 Å². The summed E-state index contributed by atoms with van der Waals surface area (Å²) in [7, 11) is 1.74. The molecule has 3 rings (SSSR count). The first kappa shape index (κ1) is 14.1. The molecule has 0 saturated heterocycles. The molecular weight excluding hydrogens is 276 g/mol. The smallest absolute Gasteiger partial charge is 0.323 e. The van der Waals surface area contributed by atoms with Gasteiger partial charge in [-0.25, -0.2) is 4.98 Å². The Hall–Kier alpha value is -2.88. The lowest BCUT2D eigenvalue weighted by molar-refractivity contribution is -0.135. The molecule has 0 fully saturated rings. The Kier molecular flexibility index (Phi) is 3.74. The van der Waals surface area contributed by atoms with Crippen molar-refractivity contribution in [1.29, 1.82) is 0 Å². The maximum atomic E-state index is 10.9. The third kappa shape index (κ3) is 2.76. The molecule has 0 aliphatic carbocycles. The Labute approximate surface area is 128 Å². The van der Waals surface area contributed by atoms with Gasteiger partial charge in [0.1, 0.15) is 12.4 Å². The van der Waals surface area contributed by atoms with Crippen molar-refractivity contribution in [1.82, 2.24) is 4.98 Å². The second-order valence-electron chi connectivity index (χ2n) is 5.16. The molecule has 0 aliphatic rings. The number of hydrogen-bond acceptors (Lipinski definition) is 3. The molecule has 2 aromatic carbocycles. The number of hydrogen-bond donors (Lipinski definition) is 1. The molecule has 3 aromatic rings. The Morgan fingerprint density at radius 1 is 1.09 bits per heavy atom. The van der Waals surface area contributed by atoms with E-state index in [4.69, 9.17) is 5.11 Å². The number of aliphatic carboxylic acids is 1. The van der Waals surface area contributed by atoms with Crippen molar-refractivity contribution in [2.75, 3.05) is 18.5 Å². The summed E-state index contributed by atoms with van der Waals surface area (Å²) in [5.74, 6) is -0.223. The van der Waals surface area contributed by atoms with Crippen LogP contribution in [0.3, 0.4) is 0 Å². The van der Waals surface area contributed by atoms with E-state index in [0.717, 1.165) is 22.0 Å². The number of carbonyl (C=O) groups is 1. The van der Waals surface area contributed by atoms with Gasteiger partial charge in [-0.15, -0.1) is 0 Å². The summed E-state index contributed by atoms with van der Waals surface area (Å²) in [6.45, 7) is -0.0838. The number of fused-ring (bicyclic) bond motifs is 1. The zero-order valence-electron chi connectivity index (χ0n) is 12.2. The van der Waals surface area contributed by atoms with Crippen LogP contribution in [0.2, 0.25) is 0 Å². The van der Waals surface area contributed by atoms with Crippen molar-refractivity contribution < 1.29 is 9.90 Å². The molecule has 0 bridgehead atoms. The first-order valence-electron chi connectivity index (χ1n) is 7.03. The average molecular weight is 292 g/mol. The number of nitrogens with zero attached hydrogens (tertiary/aromatic N) is 2. The highest BCUT2D eigenvalue weighted by molar-refractivity contribution is 5.96. The van der Waals surface area contributed by atoms with E-state index in [-0.39, 0.29) is 6.54 Å². The van der Waals surface area contributed by atoms with Gasteiger partial charge in [-0.2, -0.15) is 0 Å². The first-order chi connectivity index (χ1) is 10.6. The van der Waals surface area contributed by atoms with Gasteiger partial charge in [-0.05, 0) is 23.3 Å². The van der Waals surface area contributed by atoms with Crippen LogP contribution in [-0.4, -0.2) is 29.7 Å². The lowest BCUT2D eigenvalue weighted by Crippen LogP contribution is -2.25. The first-order valence-corrected chi connectivity index (χ1v) is 7.03. The number of carboxylic acids is 1. The fourth-order valence-corrected chi connectivity index (χ4v) is 2.50. The van der Waals surface area contributed by atoms with Crippen molar-refractivity contribution in [2.45, 2.75) is 0 Å². The summed E-state index contributed by atoms with van der Waals surface area (Å²) in [6.07, 6.45) is 0. The molecule has 4 nitrogen and oxygen atoms in total. The number of likely N-dealkylation sites (N-methyl/N-ethyl adjacent to an activating group) is 1. The summed E-state index contributed by atoms with van der Waals surface area (Å²) in [5, 5.41) is 10.0. The summed E-state index contributed by atoms with van der Waals surface area (Å²) in [6, 6.07) is 19.9. The van der Waals surface area contributed by atoms with Crippen LogP contribution < -0.4 is 4.90 Å². The van der Waals surface area contributed by atoms with E-state index in [1.807, 2.05) is 60.7 Å². The lowest BCUT2D eigenvalue weighted by Gasteiger charge is -2.18. The third-order valence-corrected chi connectivity index (χ3v) is 3.55. The molecule has 0 aliphatic heterocycles. The van der Waals surface area contributed by atoms with Crippen LogP contribution in [0.15, 0.2) is 60.7 Å². The molecule has 0 amide bonds. The fourth-order valence-electron chi connectivity index (χ4n) is 2.50. The largest absolute Gasteiger partial charge is 0.480 e. The van der Waals surface area contributed by atoms with Crippen LogP contribution in [-0.2, 0) is 4.79 Å². The third-order valence-electron chi connectivity index (χ3n) is 3.55. The molecule has 0 unspecified atom stereocenters. The number of aromatic nitrogens is 1. The van der Waals surface area contributed by atoms with E-state index in [1.54, 1.807) is 11.9 Å². The van der Waals surface area contributed by atoms with Crippen molar-refractivity contribution in [3.8, 4) is 11.1 Å². The molecule has 1 aromatic heterocycles. The molecule has 0 spiro atoms. The van der Waals surface area contributed by atoms with Gasteiger partial charge in [0.15, 0.2) is 0 Å². The van der Waals surface area contributed by atoms with Gasteiger partial charge in [0.25, 0.3) is 0 Å². The van der Waals surface area contributed by atoms with E-state index < -0.39 is 5.97 Å². The van der Waals surface area contributed by atoms with Crippen LogP contribution >= 0.6 is 0 Å². The molecule has 110 valence electrons. The van der Waals surface area contributed by atoms with Gasteiger partial charge >= 0.3 is 5.97 Å². The number of pyridine rings is 1. The average Bonchev–Trinajstić information content (AvgIpc) is 2.54. The molecule has 1 heterocycles. The Bertz CT molecular complexity index is 816. The summed E-state index contributed by atoms with van der Waals surface area (Å²) >= 11 is 0. The van der Waals surface area contributed by atoms with Gasteiger partial charge < -0.3 is 10.0 Å². The van der Waals surface area contributed by atoms with Gasteiger partial charge in [0.05, 0.1) is 5.52 Å². The Balaban J connectivity index is 2.19. The molecule has 0 radical (unpaired) electrons. The lowest BCUT2D eigenvalue weighted by atomic mass is 10.0. The molecule has 1 N–H and O–H groups in total. The van der Waals surface area contributed by atoms with Gasteiger partial charge in [0, 0.05) is 12.4 Å². The highest BCUT2D eigenvalue weighted by Crippen LogP contribution is 2.30. The van der Waals surface area contributed by atoms with E-state index >= 15 is 0 Å². The Morgan fingerprint density at radius 2 is 1.77 bits per heavy atom. The number of rotatable bonds is 4. The van der Waals surface area contributed by atoms with E-state index in [9.17, 15) is 4.79 Å². The fraction of sp³-hybridized carbons (Fsp3) is 0.111. The minimum atomic E-state index is -0.876. The van der Waals surface area contributed by atoms with Gasteiger partial charge in [-0.3, -0.25) is 4.79 Å². The zero-order chi connectivity index (χ0) is 15.5. The SMILES string of the molecule is CN(CC(=O)O)c1cc(-c2ccccc2)c2ccccc2n1. The monoisotopic (exact) mass is 292 g/mol. The predicted molar refractivity (Wildman–Crippen MR) is 88.1 cm³/mol. The molecule has 22 heavy (non-hydrogen) atoms. The molecule has 0 atom stereocenters. The van der Waals surface area contributed by atoms with Crippen LogP contribution in [0.4, 0.5) is 5.82 Å². The summed E-state index contributed by atoms with van der Waals surface area (Å²) in [5.41, 5.74) is 3.00. The van der Waals surface area contributed by atoms with Crippen molar-refractivity contribution in [3.05, 3.63) is 60.7 Å². The maximum Gasteiger partial charge on any atom is 0.323 e. The zero-order valence-corrected chi connectivity index (χ0v) is 12.2. The number of carboxylic acid groups (broad SMARTS) is 1. The molecule has 0 saturated carbocycles. The second-order valence-corrected chi connectivity index (χ2v) is 5.16. The highest BCUT2D eigenvalue weighted by atomic mass is 16.4. The topological polar surface area (TPSA) is 53.4 Å². The second kappa shape index (κ2) is 5.85. The summed E-state index contributed by atoms with van der Waals surface area (Å²) in [4.78, 5) is 17.1. The molecule has 4 heteroatoms. The maximum absolute atomic E-state index is 10.9. The standard InChI is InChI=1S/C18H16N2O2/c1-20(12-18(21)22)17-11-15(13-7-3-2-4-8-13)14-9-5-6-10-16(14)19-17/h2-11H,12H2,1H3,(H,21,22). The number of anilines is 1.